The molecule has 1 aliphatic rings. The van der Waals surface area contributed by atoms with Crippen molar-refractivity contribution in [3.63, 3.8) is 0 Å². The zero-order valence-corrected chi connectivity index (χ0v) is 14.1. The molecule has 4 nitrogen and oxygen atoms in total. The van der Waals surface area contributed by atoms with Crippen LogP contribution in [0.4, 0.5) is 0 Å². The van der Waals surface area contributed by atoms with Crippen molar-refractivity contribution in [2.24, 2.45) is 7.05 Å². The average Bonchev–Trinajstić information content (AvgIpc) is 3.02. The van der Waals surface area contributed by atoms with E-state index in [0.29, 0.717) is 0 Å². The number of hydrogen-bond acceptors (Lipinski definition) is 3. The Bertz CT molecular complexity index is 868. The molecular weight excluding hydrogens is 298 g/mol. The number of aryl methyl sites for hydroxylation is 2. The van der Waals surface area contributed by atoms with Crippen LogP contribution < -0.4 is 4.74 Å². The Morgan fingerprint density at radius 2 is 1.79 bits per heavy atom. The van der Waals surface area contributed by atoms with Gasteiger partial charge in [0, 0.05) is 18.2 Å². The van der Waals surface area contributed by atoms with Crippen molar-refractivity contribution in [2.75, 3.05) is 7.11 Å². The van der Waals surface area contributed by atoms with Crippen molar-refractivity contribution >= 4 is 0 Å². The number of benzene rings is 2. The van der Waals surface area contributed by atoms with E-state index in [2.05, 4.69) is 34.6 Å². The second kappa shape index (κ2) is 6.11. The van der Waals surface area contributed by atoms with Crippen molar-refractivity contribution in [1.82, 2.24) is 15.0 Å². The van der Waals surface area contributed by atoms with Crippen LogP contribution in [0.1, 0.15) is 24.0 Å². The van der Waals surface area contributed by atoms with E-state index in [1.165, 1.54) is 24.0 Å². The summed E-state index contributed by atoms with van der Waals surface area (Å²) in [6.07, 6.45) is 4.70. The molecule has 0 amide bonds. The van der Waals surface area contributed by atoms with Gasteiger partial charge in [-0.25, -0.2) is 4.68 Å². The van der Waals surface area contributed by atoms with Crippen molar-refractivity contribution in [2.45, 2.75) is 25.7 Å². The summed E-state index contributed by atoms with van der Waals surface area (Å²) in [5, 5.41) is 8.75. The minimum absolute atomic E-state index is 0.901. The highest BCUT2D eigenvalue weighted by Gasteiger charge is 2.24. The molecule has 4 heteroatoms. The van der Waals surface area contributed by atoms with E-state index in [9.17, 15) is 0 Å². The first-order valence-electron chi connectivity index (χ1n) is 8.44. The standard InChI is InChI=1S/C20H21N3O/c1-23-20(19(21-22-23)15-9-4-3-5-10-15)18-16-11-7-6-8-14(16)12-13-17(18)24-2/h3-5,9-10,12-13H,6-8,11H2,1-2H3. The third-order valence-electron chi connectivity index (χ3n) is 4.83. The quantitative estimate of drug-likeness (QED) is 0.731. The minimum atomic E-state index is 0.901. The Morgan fingerprint density at radius 3 is 2.58 bits per heavy atom. The predicted octanol–water partition coefficient (Wildman–Crippen LogP) is 4.04. The lowest BCUT2D eigenvalue weighted by Gasteiger charge is -2.22. The average molecular weight is 319 g/mol. The molecule has 0 radical (unpaired) electrons. The number of fused-ring (bicyclic) bond motifs is 1. The van der Waals surface area contributed by atoms with Crippen molar-refractivity contribution in [3.8, 4) is 28.3 Å². The van der Waals surface area contributed by atoms with E-state index in [4.69, 9.17) is 4.74 Å². The number of aromatic nitrogens is 3. The second-order valence-corrected chi connectivity index (χ2v) is 6.26. The van der Waals surface area contributed by atoms with Crippen LogP contribution in [0.2, 0.25) is 0 Å². The maximum atomic E-state index is 5.71. The molecule has 1 aliphatic carbocycles. The lowest BCUT2D eigenvalue weighted by atomic mass is 9.86. The van der Waals surface area contributed by atoms with Gasteiger partial charge in [-0.3, -0.25) is 0 Å². The van der Waals surface area contributed by atoms with Crippen LogP contribution in [-0.4, -0.2) is 22.1 Å². The summed E-state index contributed by atoms with van der Waals surface area (Å²) in [4.78, 5) is 0. The largest absolute Gasteiger partial charge is 0.496 e. The molecule has 1 aromatic heterocycles. The summed E-state index contributed by atoms with van der Waals surface area (Å²) < 4.78 is 7.58. The Kier molecular flexibility index (Phi) is 3.81. The smallest absolute Gasteiger partial charge is 0.128 e. The van der Waals surface area contributed by atoms with Crippen LogP contribution >= 0.6 is 0 Å². The van der Waals surface area contributed by atoms with Gasteiger partial charge in [0.15, 0.2) is 0 Å². The highest BCUT2D eigenvalue weighted by atomic mass is 16.5. The van der Waals surface area contributed by atoms with Gasteiger partial charge in [0.1, 0.15) is 17.1 Å². The van der Waals surface area contributed by atoms with Gasteiger partial charge in [0.2, 0.25) is 0 Å². The number of rotatable bonds is 3. The van der Waals surface area contributed by atoms with Gasteiger partial charge in [0.25, 0.3) is 0 Å². The van der Waals surface area contributed by atoms with Crippen LogP contribution in [0.5, 0.6) is 5.75 Å². The Hall–Kier alpha value is -2.62. The maximum Gasteiger partial charge on any atom is 0.128 e. The first kappa shape index (κ1) is 14.9. The third kappa shape index (κ3) is 2.39. The third-order valence-corrected chi connectivity index (χ3v) is 4.83. The topological polar surface area (TPSA) is 39.9 Å². The number of methoxy groups -OCH3 is 1. The second-order valence-electron chi connectivity index (χ2n) is 6.26. The zero-order chi connectivity index (χ0) is 16.5. The molecule has 0 atom stereocenters. The van der Waals surface area contributed by atoms with E-state index < -0.39 is 0 Å². The Labute approximate surface area is 142 Å². The molecule has 0 N–H and O–H groups in total. The molecule has 0 saturated heterocycles. The Morgan fingerprint density at radius 1 is 1.00 bits per heavy atom. The van der Waals surface area contributed by atoms with E-state index in [1.54, 1.807) is 7.11 Å². The molecule has 1 heterocycles. The number of nitrogens with zero attached hydrogens (tertiary/aromatic N) is 3. The molecule has 0 bridgehead atoms. The van der Waals surface area contributed by atoms with Crippen molar-refractivity contribution < 1.29 is 4.74 Å². The molecule has 0 saturated carbocycles. The van der Waals surface area contributed by atoms with Crippen molar-refractivity contribution in [1.29, 1.82) is 0 Å². The fourth-order valence-electron chi connectivity index (χ4n) is 3.66. The summed E-state index contributed by atoms with van der Waals surface area (Å²) >= 11 is 0. The molecule has 0 fully saturated rings. The van der Waals surface area contributed by atoms with Crippen LogP contribution in [0, 0.1) is 0 Å². The predicted molar refractivity (Wildman–Crippen MR) is 95.1 cm³/mol. The fourth-order valence-corrected chi connectivity index (χ4v) is 3.66. The number of hydrogen-bond donors (Lipinski definition) is 0. The first-order chi connectivity index (χ1) is 11.8. The van der Waals surface area contributed by atoms with Gasteiger partial charge < -0.3 is 4.74 Å². The molecule has 0 spiro atoms. The van der Waals surface area contributed by atoms with E-state index in [1.807, 2.05) is 29.9 Å². The first-order valence-corrected chi connectivity index (χ1v) is 8.44. The van der Waals surface area contributed by atoms with Gasteiger partial charge in [-0.15, -0.1) is 5.10 Å². The summed E-state index contributed by atoms with van der Waals surface area (Å²) in [6.45, 7) is 0. The van der Waals surface area contributed by atoms with Gasteiger partial charge in [-0.2, -0.15) is 0 Å². The van der Waals surface area contributed by atoms with Gasteiger partial charge in [-0.1, -0.05) is 41.6 Å². The van der Waals surface area contributed by atoms with Crippen molar-refractivity contribution in [3.05, 3.63) is 53.6 Å². The van der Waals surface area contributed by atoms with Gasteiger partial charge in [-0.05, 0) is 42.9 Å². The molecule has 3 aromatic rings. The summed E-state index contributed by atoms with van der Waals surface area (Å²) in [6, 6.07) is 14.5. The number of ether oxygens (including phenoxy) is 1. The van der Waals surface area contributed by atoms with Crippen LogP contribution in [0.3, 0.4) is 0 Å². The zero-order valence-electron chi connectivity index (χ0n) is 14.1. The molecule has 24 heavy (non-hydrogen) atoms. The van der Waals surface area contributed by atoms with Crippen LogP contribution in [-0.2, 0) is 19.9 Å². The van der Waals surface area contributed by atoms with Gasteiger partial charge in [0.05, 0.1) is 7.11 Å². The summed E-state index contributed by atoms with van der Waals surface area (Å²) in [5.41, 5.74) is 7.00. The van der Waals surface area contributed by atoms with Crippen LogP contribution in [0.15, 0.2) is 42.5 Å². The van der Waals surface area contributed by atoms with Gasteiger partial charge >= 0.3 is 0 Å². The highest BCUT2D eigenvalue weighted by molar-refractivity contribution is 5.84. The molecule has 4 rings (SSSR count). The SMILES string of the molecule is COc1ccc2c(c1-c1c(-c3ccccc3)nnn1C)CCCC2. The summed E-state index contributed by atoms with van der Waals surface area (Å²) in [5.74, 6) is 0.901. The molecule has 122 valence electrons. The molecular formula is C20H21N3O. The van der Waals surface area contributed by atoms with Crippen LogP contribution in [0.25, 0.3) is 22.5 Å². The normalized spacial score (nSPS) is 13.6. The lowest BCUT2D eigenvalue weighted by molar-refractivity contribution is 0.415. The minimum Gasteiger partial charge on any atom is -0.496 e. The molecule has 2 aromatic carbocycles. The van der Waals surface area contributed by atoms with E-state index in [-0.39, 0.29) is 0 Å². The lowest BCUT2D eigenvalue weighted by Crippen LogP contribution is -2.08. The maximum absolute atomic E-state index is 5.71. The fraction of sp³-hybridized carbons (Fsp3) is 0.300. The molecule has 0 unspecified atom stereocenters. The Balaban J connectivity index is 1.99. The summed E-state index contributed by atoms with van der Waals surface area (Å²) in [7, 11) is 3.69. The molecule has 0 aliphatic heterocycles. The monoisotopic (exact) mass is 319 g/mol. The van der Waals surface area contributed by atoms with E-state index in [0.717, 1.165) is 41.1 Å². The van der Waals surface area contributed by atoms with E-state index >= 15 is 0 Å². The highest BCUT2D eigenvalue weighted by Crippen LogP contribution is 2.41.